The highest BCUT2D eigenvalue weighted by atomic mass is 16.2. The van der Waals surface area contributed by atoms with Crippen molar-refractivity contribution in [1.82, 2.24) is 5.32 Å². The van der Waals surface area contributed by atoms with Crippen LogP contribution in [0.5, 0.6) is 0 Å². The summed E-state index contributed by atoms with van der Waals surface area (Å²) in [6, 6.07) is 7.29. The zero-order valence-electron chi connectivity index (χ0n) is 12.5. The third kappa shape index (κ3) is 2.59. The van der Waals surface area contributed by atoms with Gasteiger partial charge in [0, 0.05) is 24.2 Å². The van der Waals surface area contributed by atoms with E-state index in [4.69, 9.17) is 0 Å². The molecule has 1 aromatic rings. The lowest BCUT2D eigenvalue weighted by molar-refractivity contribution is -0.121. The summed E-state index contributed by atoms with van der Waals surface area (Å²) in [5, 5.41) is 3.55. The van der Waals surface area contributed by atoms with Crippen molar-refractivity contribution in [2.45, 2.75) is 45.6 Å². The number of hydrogen-bond donors (Lipinski definition) is 1. The number of nitrogens with one attached hydrogen (secondary N) is 1. The van der Waals surface area contributed by atoms with Gasteiger partial charge in [-0.25, -0.2) is 0 Å². The van der Waals surface area contributed by atoms with Gasteiger partial charge >= 0.3 is 0 Å². The molecular weight excluding hydrogens is 248 g/mol. The van der Waals surface area contributed by atoms with Crippen LogP contribution in [0.3, 0.4) is 0 Å². The van der Waals surface area contributed by atoms with Crippen molar-refractivity contribution in [3.05, 3.63) is 29.3 Å². The first-order chi connectivity index (χ1) is 9.65. The van der Waals surface area contributed by atoms with Crippen LogP contribution in [-0.2, 0) is 17.6 Å². The van der Waals surface area contributed by atoms with E-state index in [2.05, 4.69) is 23.5 Å². The van der Waals surface area contributed by atoms with Crippen molar-refractivity contribution >= 4 is 11.6 Å². The zero-order valence-corrected chi connectivity index (χ0v) is 12.5. The Labute approximate surface area is 121 Å². The fraction of sp³-hybridized carbons (Fsp3) is 0.588. The van der Waals surface area contributed by atoms with Crippen molar-refractivity contribution in [3.8, 4) is 0 Å². The van der Waals surface area contributed by atoms with Crippen molar-refractivity contribution in [2.75, 3.05) is 18.0 Å². The van der Waals surface area contributed by atoms with Gasteiger partial charge in [0.05, 0.1) is 0 Å². The van der Waals surface area contributed by atoms with Crippen LogP contribution in [0.4, 0.5) is 5.69 Å². The quantitative estimate of drug-likeness (QED) is 0.917. The van der Waals surface area contributed by atoms with Crippen LogP contribution in [-0.4, -0.2) is 25.0 Å². The number of amides is 1. The van der Waals surface area contributed by atoms with Gasteiger partial charge in [0.2, 0.25) is 5.91 Å². The molecule has 1 unspecified atom stereocenters. The number of hydrogen-bond acceptors (Lipinski definition) is 2. The normalized spacial score (nSPS) is 21.6. The van der Waals surface area contributed by atoms with Gasteiger partial charge in [-0.3, -0.25) is 4.79 Å². The molecule has 1 fully saturated rings. The van der Waals surface area contributed by atoms with Crippen molar-refractivity contribution in [2.24, 2.45) is 5.92 Å². The van der Waals surface area contributed by atoms with E-state index in [9.17, 15) is 4.79 Å². The number of carbonyl (C=O) groups excluding carboxylic acids is 1. The SMILES string of the molecule is CC(C)C(=O)N1CCc2cc(CC3CCCN3)ccc21. The highest BCUT2D eigenvalue weighted by molar-refractivity contribution is 5.96. The van der Waals surface area contributed by atoms with Gasteiger partial charge in [-0.1, -0.05) is 26.0 Å². The van der Waals surface area contributed by atoms with E-state index in [-0.39, 0.29) is 11.8 Å². The van der Waals surface area contributed by atoms with Crippen LogP contribution in [0.25, 0.3) is 0 Å². The molecule has 20 heavy (non-hydrogen) atoms. The standard InChI is InChI=1S/C17H24N2O/c1-12(2)17(20)19-9-7-14-10-13(5-6-16(14)19)11-15-4-3-8-18-15/h5-6,10,12,15,18H,3-4,7-9,11H2,1-2H3. The Bertz CT molecular complexity index is 504. The summed E-state index contributed by atoms with van der Waals surface area (Å²) in [4.78, 5) is 14.1. The molecule has 3 heteroatoms. The number of anilines is 1. The van der Waals surface area contributed by atoms with Gasteiger partial charge in [-0.05, 0) is 49.4 Å². The number of carbonyl (C=O) groups is 1. The van der Waals surface area contributed by atoms with E-state index in [1.807, 2.05) is 18.7 Å². The predicted molar refractivity (Wildman–Crippen MR) is 82.1 cm³/mol. The lowest BCUT2D eigenvalue weighted by atomic mass is 10.0. The summed E-state index contributed by atoms with van der Waals surface area (Å²) in [7, 11) is 0. The molecule has 1 saturated heterocycles. The molecule has 0 radical (unpaired) electrons. The van der Waals surface area contributed by atoms with E-state index in [0.717, 1.165) is 31.6 Å². The number of rotatable bonds is 3. The third-order valence-electron chi connectivity index (χ3n) is 4.44. The molecule has 1 aromatic carbocycles. The van der Waals surface area contributed by atoms with E-state index in [1.54, 1.807) is 0 Å². The zero-order chi connectivity index (χ0) is 14.1. The Hall–Kier alpha value is -1.35. The van der Waals surface area contributed by atoms with Gasteiger partial charge in [-0.15, -0.1) is 0 Å². The molecule has 0 saturated carbocycles. The molecule has 0 spiro atoms. The Morgan fingerprint density at radius 3 is 3.00 bits per heavy atom. The third-order valence-corrected chi connectivity index (χ3v) is 4.44. The molecule has 2 aliphatic heterocycles. The maximum absolute atomic E-state index is 12.2. The molecule has 1 N–H and O–H groups in total. The minimum atomic E-state index is 0.0725. The number of fused-ring (bicyclic) bond motifs is 1. The molecule has 2 aliphatic rings. The van der Waals surface area contributed by atoms with Crippen LogP contribution in [0.1, 0.15) is 37.8 Å². The fourth-order valence-electron chi connectivity index (χ4n) is 3.34. The number of nitrogens with zero attached hydrogens (tertiary/aromatic N) is 1. The van der Waals surface area contributed by atoms with Gasteiger partial charge in [0.25, 0.3) is 0 Å². The summed E-state index contributed by atoms with van der Waals surface area (Å²) >= 11 is 0. The van der Waals surface area contributed by atoms with Crippen LogP contribution in [0, 0.1) is 5.92 Å². The first-order valence-electron chi connectivity index (χ1n) is 7.81. The smallest absolute Gasteiger partial charge is 0.229 e. The largest absolute Gasteiger partial charge is 0.314 e. The predicted octanol–water partition coefficient (Wildman–Crippen LogP) is 2.53. The van der Waals surface area contributed by atoms with E-state index >= 15 is 0 Å². The maximum Gasteiger partial charge on any atom is 0.229 e. The highest BCUT2D eigenvalue weighted by Gasteiger charge is 2.26. The maximum atomic E-state index is 12.2. The van der Waals surface area contributed by atoms with Crippen LogP contribution in [0.15, 0.2) is 18.2 Å². The monoisotopic (exact) mass is 272 g/mol. The summed E-state index contributed by atoms with van der Waals surface area (Å²) in [5.41, 5.74) is 3.88. The van der Waals surface area contributed by atoms with Gasteiger partial charge in [-0.2, -0.15) is 0 Å². The molecular formula is C17H24N2O. The van der Waals surface area contributed by atoms with Gasteiger partial charge in [0.1, 0.15) is 0 Å². The molecule has 108 valence electrons. The van der Waals surface area contributed by atoms with Crippen LogP contribution in [0.2, 0.25) is 0 Å². The molecule has 0 aliphatic carbocycles. The second-order valence-corrected chi connectivity index (χ2v) is 6.36. The summed E-state index contributed by atoms with van der Waals surface area (Å²) in [5.74, 6) is 0.317. The lowest BCUT2D eigenvalue weighted by Gasteiger charge is -2.20. The van der Waals surface area contributed by atoms with Crippen molar-refractivity contribution in [3.63, 3.8) is 0 Å². The van der Waals surface area contributed by atoms with Crippen molar-refractivity contribution in [1.29, 1.82) is 0 Å². The Kier molecular flexibility index (Phi) is 3.79. The number of benzene rings is 1. The first kappa shape index (κ1) is 13.6. The van der Waals surface area contributed by atoms with Gasteiger partial charge < -0.3 is 10.2 Å². The van der Waals surface area contributed by atoms with E-state index < -0.39 is 0 Å². The molecule has 3 nitrogen and oxygen atoms in total. The average Bonchev–Trinajstić information content (AvgIpc) is 3.06. The molecule has 1 atom stereocenters. The van der Waals surface area contributed by atoms with Gasteiger partial charge in [0.15, 0.2) is 0 Å². The van der Waals surface area contributed by atoms with E-state index in [1.165, 1.54) is 24.0 Å². The Morgan fingerprint density at radius 1 is 1.45 bits per heavy atom. The van der Waals surface area contributed by atoms with Crippen LogP contribution >= 0.6 is 0 Å². The second-order valence-electron chi connectivity index (χ2n) is 6.36. The van der Waals surface area contributed by atoms with Crippen molar-refractivity contribution < 1.29 is 4.79 Å². The Morgan fingerprint density at radius 2 is 2.30 bits per heavy atom. The van der Waals surface area contributed by atoms with Crippen LogP contribution < -0.4 is 10.2 Å². The fourth-order valence-corrected chi connectivity index (χ4v) is 3.34. The average molecular weight is 272 g/mol. The highest BCUT2D eigenvalue weighted by Crippen LogP contribution is 2.30. The van der Waals surface area contributed by atoms with E-state index in [0.29, 0.717) is 6.04 Å². The topological polar surface area (TPSA) is 32.3 Å². The molecule has 0 aromatic heterocycles. The first-order valence-corrected chi connectivity index (χ1v) is 7.81. The molecule has 3 rings (SSSR count). The second kappa shape index (κ2) is 5.57. The lowest BCUT2D eigenvalue weighted by Crippen LogP contribution is -2.32. The molecule has 1 amide bonds. The Balaban J connectivity index is 1.75. The molecule has 0 bridgehead atoms. The summed E-state index contributed by atoms with van der Waals surface area (Å²) in [6.45, 7) is 5.95. The summed E-state index contributed by atoms with van der Waals surface area (Å²) < 4.78 is 0. The molecule has 2 heterocycles. The summed E-state index contributed by atoms with van der Waals surface area (Å²) in [6.07, 6.45) is 4.70. The minimum absolute atomic E-state index is 0.0725. The minimum Gasteiger partial charge on any atom is -0.314 e.